The fourth-order valence-electron chi connectivity index (χ4n) is 4.80. The van der Waals surface area contributed by atoms with Crippen molar-refractivity contribution in [1.82, 2.24) is 19.7 Å². The molecule has 0 bridgehead atoms. The number of hydrogen-bond acceptors (Lipinski definition) is 4. The first-order valence-corrected chi connectivity index (χ1v) is 11.6. The average Bonchev–Trinajstić information content (AvgIpc) is 3.48. The van der Waals surface area contributed by atoms with Gasteiger partial charge in [0.2, 0.25) is 0 Å². The normalized spacial score (nSPS) is 14.1. The summed E-state index contributed by atoms with van der Waals surface area (Å²) in [6.07, 6.45) is 8.54. The van der Waals surface area contributed by atoms with Gasteiger partial charge in [0, 0.05) is 36.0 Å². The molecular formula is C27H29N5O. The molecule has 2 aromatic carbocycles. The van der Waals surface area contributed by atoms with Crippen LogP contribution in [0.25, 0.3) is 16.8 Å². The SMILES string of the molecule is Cc1ccc(C)c(C(=O)NCc2ccc(-c3nc(C4CCCC4)n4ccnc(N)c34)cc2)c1. The number of imidazole rings is 1. The molecule has 1 aliphatic carbocycles. The summed E-state index contributed by atoms with van der Waals surface area (Å²) in [6.45, 7) is 4.42. The van der Waals surface area contributed by atoms with Gasteiger partial charge in [-0.3, -0.25) is 9.20 Å². The maximum absolute atomic E-state index is 12.6. The van der Waals surface area contributed by atoms with E-state index in [1.165, 1.54) is 25.7 Å². The third-order valence-electron chi connectivity index (χ3n) is 6.65. The molecule has 4 aromatic rings. The minimum absolute atomic E-state index is 0.0552. The molecule has 2 aromatic heterocycles. The summed E-state index contributed by atoms with van der Waals surface area (Å²) in [6, 6.07) is 14.1. The van der Waals surface area contributed by atoms with E-state index >= 15 is 0 Å². The molecule has 0 spiro atoms. The van der Waals surface area contributed by atoms with Crippen LogP contribution in [0.2, 0.25) is 0 Å². The molecule has 1 fully saturated rings. The number of hydrogen-bond donors (Lipinski definition) is 2. The lowest BCUT2D eigenvalue weighted by Gasteiger charge is -2.09. The zero-order valence-corrected chi connectivity index (χ0v) is 19.1. The van der Waals surface area contributed by atoms with Crippen LogP contribution in [0, 0.1) is 13.8 Å². The summed E-state index contributed by atoms with van der Waals surface area (Å²) in [4.78, 5) is 22.0. The minimum atomic E-state index is -0.0552. The Balaban J connectivity index is 1.39. The summed E-state index contributed by atoms with van der Waals surface area (Å²) < 4.78 is 2.12. The standard InChI is InChI=1S/C27H29N5O/c1-17-7-8-18(2)22(15-17)27(33)30-16-19-9-11-20(12-10-19)23-24-25(28)29-13-14-32(24)26(31-23)21-5-3-4-6-21/h7-15,21H,3-6,16H2,1-2H3,(H2,28,29)(H,30,33). The first-order chi connectivity index (χ1) is 16.0. The summed E-state index contributed by atoms with van der Waals surface area (Å²) >= 11 is 0. The maximum Gasteiger partial charge on any atom is 0.251 e. The lowest BCUT2D eigenvalue weighted by molar-refractivity contribution is 0.0950. The summed E-state index contributed by atoms with van der Waals surface area (Å²) in [5.41, 5.74) is 12.8. The van der Waals surface area contributed by atoms with E-state index in [1.807, 2.05) is 62.5 Å². The van der Waals surface area contributed by atoms with E-state index in [9.17, 15) is 4.79 Å². The molecular weight excluding hydrogens is 410 g/mol. The molecule has 168 valence electrons. The van der Waals surface area contributed by atoms with E-state index in [1.54, 1.807) is 6.20 Å². The predicted octanol–water partition coefficient (Wildman–Crippen LogP) is 5.18. The molecule has 0 unspecified atom stereocenters. The van der Waals surface area contributed by atoms with E-state index in [0.29, 0.717) is 18.3 Å². The molecule has 2 heterocycles. The van der Waals surface area contributed by atoms with Gasteiger partial charge in [0.1, 0.15) is 22.9 Å². The van der Waals surface area contributed by atoms with Crippen molar-refractivity contribution in [2.75, 3.05) is 5.73 Å². The van der Waals surface area contributed by atoms with Crippen molar-refractivity contribution >= 4 is 17.2 Å². The molecule has 0 aliphatic heterocycles. The second kappa shape index (κ2) is 8.70. The van der Waals surface area contributed by atoms with Gasteiger partial charge in [0.25, 0.3) is 5.91 Å². The molecule has 1 aliphatic rings. The van der Waals surface area contributed by atoms with Gasteiger partial charge >= 0.3 is 0 Å². The molecule has 1 saturated carbocycles. The molecule has 6 nitrogen and oxygen atoms in total. The predicted molar refractivity (Wildman–Crippen MR) is 131 cm³/mol. The Morgan fingerprint density at radius 2 is 1.88 bits per heavy atom. The molecule has 5 rings (SSSR count). The van der Waals surface area contributed by atoms with Gasteiger partial charge in [-0.2, -0.15) is 0 Å². The van der Waals surface area contributed by atoms with Crippen molar-refractivity contribution in [2.45, 2.75) is 52.0 Å². The third-order valence-corrected chi connectivity index (χ3v) is 6.65. The molecule has 1 amide bonds. The molecule has 0 radical (unpaired) electrons. The van der Waals surface area contributed by atoms with Crippen molar-refractivity contribution in [3.63, 3.8) is 0 Å². The fourth-order valence-corrected chi connectivity index (χ4v) is 4.80. The number of fused-ring (bicyclic) bond motifs is 1. The van der Waals surface area contributed by atoms with E-state index in [2.05, 4.69) is 14.7 Å². The Kier molecular flexibility index (Phi) is 5.58. The van der Waals surface area contributed by atoms with E-state index in [0.717, 1.165) is 44.9 Å². The largest absolute Gasteiger partial charge is 0.382 e. The Morgan fingerprint density at radius 1 is 1.12 bits per heavy atom. The smallest absolute Gasteiger partial charge is 0.251 e. The second-order valence-electron chi connectivity index (χ2n) is 9.03. The quantitative estimate of drug-likeness (QED) is 0.448. The Bertz CT molecular complexity index is 1320. The number of nitrogen functional groups attached to an aromatic ring is 1. The van der Waals surface area contributed by atoms with Gasteiger partial charge in [-0.15, -0.1) is 0 Å². The van der Waals surface area contributed by atoms with Gasteiger partial charge in [-0.1, -0.05) is 54.8 Å². The third kappa shape index (κ3) is 4.09. The number of carbonyl (C=O) groups excluding carboxylic acids is 1. The number of nitrogens with two attached hydrogens (primary N) is 1. The van der Waals surface area contributed by atoms with Crippen LogP contribution in [0.4, 0.5) is 5.82 Å². The fraction of sp³-hybridized carbons (Fsp3) is 0.296. The zero-order chi connectivity index (χ0) is 22.9. The number of amides is 1. The van der Waals surface area contributed by atoms with Crippen LogP contribution in [0.3, 0.4) is 0 Å². The highest BCUT2D eigenvalue weighted by Crippen LogP contribution is 2.37. The van der Waals surface area contributed by atoms with E-state index in [-0.39, 0.29) is 5.91 Å². The first-order valence-electron chi connectivity index (χ1n) is 11.6. The minimum Gasteiger partial charge on any atom is -0.382 e. The Hall–Kier alpha value is -3.67. The summed E-state index contributed by atoms with van der Waals surface area (Å²) in [7, 11) is 0. The molecule has 0 atom stereocenters. The number of aryl methyl sites for hydroxylation is 2. The highest BCUT2D eigenvalue weighted by molar-refractivity contribution is 5.95. The number of rotatable bonds is 5. The Labute approximate surface area is 193 Å². The van der Waals surface area contributed by atoms with Gasteiger partial charge < -0.3 is 11.1 Å². The number of carbonyl (C=O) groups is 1. The highest BCUT2D eigenvalue weighted by atomic mass is 16.1. The van der Waals surface area contributed by atoms with Crippen LogP contribution in [-0.2, 0) is 6.54 Å². The van der Waals surface area contributed by atoms with Crippen LogP contribution in [0.5, 0.6) is 0 Å². The van der Waals surface area contributed by atoms with Crippen molar-refractivity contribution < 1.29 is 4.79 Å². The first kappa shape index (κ1) is 21.2. The van der Waals surface area contributed by atoms with Crippen molar-refractivity contribution in [3.05, 3.63) is 82.9 Å². The van der Waals surface area contributed by atoms with Crippen LogP contribution in [-0.4, -0.2) is 20.3 Å². The second-order valence-corrected chi connectivity index (χ2v) is 9.03. The number of benzene rings is 2. The zero-order valence-electron chi connectivity index (χ0n) is 19.1. The topological polar surface area (TPSA) is 85.3 Å². The maximum atomic E-state index is 12.6. The van der Waals surface area contributed by atoms with Crippen molar-refractivity contribution in [1.29, 1.82) is 0 Å². The summed E-state index contributed by atoms with van der Waals surface area (Å²) in [5.74, 6) is 1.98. The van der Waals surface area contributed by atoms with Gasteiger partial charge in [0.15, 0.2) is 0 Å². The molecule has 3 N–H and O–H groups in total. The Morgan fingerprint density at radius 3 is 2.64 bits per heavy atom. The van der Waals surface area contributed by atoms with Crippen molar-refractivity contribution in [2.24, 2.45) is 0 Å². The molecule has 33 heavy (non-hydrogen) atoms. The lowest BCUT2D eigenvalue weighted by atomic mass is 10.0. The van der Waals surface area contributed by atoms with Crippen LogP contribution in [0.15, 0.2) is 54.9 Å². The lowest BCUT2D eigenvalue weighted by Crippen LogP contribution is -2.23. The van der Waals surface area contributed by atoms with E-state index in [4.69, 9.17) is 10.7 Å². The van der Waals surface area contributed by atoms with Crippen LogP contribution in [0.1, 0.15) is 64.5 Å². The number of nitrogens with zero attached hydrogens (tertiary/aromatic N) is 3. The van der Waals surface area contributed by atoms with Gasteiger partial charge in [-0.05, 0) is 43.9 Å². The van der Waals surface area contributed by atoms with Crippen LogP contribution < -0.4 is 11.1 Å². The number of anilines is 1. The average molecular weight is 440 g/mol. The number of nitrogens with one attached hydrogen (secondary N) is 1. The summed E-state index contributed by atoms with van der Waals surface area (Å²) in [5, 5.41) is 3.03. The monoisotopic (exact) mass is 439 g/mol. The van der Waals surface area contributed by atoms with Crippen molar-refractivity contribution in [3.8, 4) is 11.3 Å². The molecule has 0 saturated heterocycles. The van der Waals surface area contributed by atoms with Crippen LogP contribution >= 0.6 is 0 Å². The van der Waals surface area contributed by atoms with Gasteiger partial charge in [0.05, 0.1) is 0 Å². The molecule has 6 heteroatoms. The van der Waals surface area contributed by atoms with E-state index < -0.39 is 0 Å². The highest BCUT2D eigenvalue weighted by Gasteiger charge is 2.25. The number of aromatic nitrogens is 3. The van der Waals surface area contributed by atoms with Gasteiger partial charge in [-0.25, -0.2) is 9.97 Å².